The molecular formula is C22H28N6S2. The van der Waals surface area contributed by atoms with Gasteiger partial charge in [0.2, 0.25) is 0 Å². The zero-order valence-corrected chi connectivity index (χ0v) is 19.6. The molecule has 2 heterocycles. The number of rotatable bonds is 8. The number of benzene rings is 1. The van der Waals surface area contributed by atoms with E-state index < -0.39 is 0 Å². The summed E-state index contributed by atoms with van der Waals surface area (Å²) in [6, 6.07) is 11.9. The molecule has 0 aliphatic heterocycles. The highest BCUT2D eigenvalue weighted by molar-refractivity contribution is 8.13. The Balaban J connectivity index is 2.00. The normalized spacial score (nSPS) is 12.7. The van der Waals surface area contributed by atoms with Crippen LogP contribution >= 0.6 is 21.3 Å². The van der Waals surface area contributed by atoms with E-state index in [2.05, 4.69) is 44.4 Å². The first-order valence-corrected chi connectivity index (χ1v) is 12.8. The number of para-hydroxylation sites is 2. The maximum atomic E-state index is 4.66. The molecular weight excluding hydrogens is 412 g/mol. The third-order valence-corrected chi connectivity index (χ3v) is 7.57. The van der Waals surface area contributed by atoms with Crippen molar-refractivity contribution in [2.75, 3.05) is 11.5 Å². The Labute approximate surface area is 183 Å². The van der Waals surface area contributed by atoms with Crippen molar-refractivity contribution < 1.29 is 0 Å². The van der Waals surface area contributed by atoms with Gasteiger partial charge in [-0.1, -0.05) is 26.0 Å². The van der Waals surface area contributed by atoms with Gasteiger partial charge in [-0.05, 0) is 72.3 Å². The van der Waals surface area contributed by atoms with Crippen molar-refractivity contribution in [2.45, 2.75) is 40.5 Å². The Morgan fingerprint density at radius 2 is 1.20 bits per heavy atom. The third kappa shape index (κ3) is 6.00. The Morgan fingerprint density at radius 1 is 0.767 bits per heavy atom. The van der Waals surface area contributed by atoms with E-state index >= 15 is 0 Å². The molecule has 158 valence electrons. The van der Waals surface area contributed by atoms with Gasteiger partial charge in [-0.25, -0.2) is 8.17 Å². The largest absolute Gasteiger partial charge is 0.212 e. The van der Waals surface area contributed by atoms with Gasteiger partial charge in [-0.3, -0.25) is 0 Å². The van der Waals surface area contributed by atoms with Crippen molar-refractivity contribution in [3.05, 3.63) is 60.2 Å². The summed E-state index contributed by atoms with van der Waals surface area (Å²) in [7, 11) is -0.608. The first kappa shape index (κ1) is 22.2. The lowest BCUT2D eigenvalue weighted by Gasteiger charge is -2.04. The highest BCUT2D eigenvalue weighted by Gasteiger charge is 2.02. The molecule has 0 spiro atoms. The number of aliphatic imine (C=N–C) groups is 2. The summed E-state index contributed by atoms with van der Waals surface area (Å²) >= 11 is 0. The van der Waals surface area contributed by atoms with Gasteiger partial charge >= 0.3 is 0 Å². The molecule has 30 heavy (non-hydrogen) atoms. The molecule has 0 bridgehead atoms. The molecule has 3 aromatic rings. The molecule has 0 aliphatic rings. The second kappa shape index (κ2) is 11.0. The van der Waals surface area contributed by atoms with Gasteiger partial charge in [0, 0.05) is 34.2 Å². The zero-order chi connectivity index (χ0) is 21.3. The van der Waals surface area contributed by atoms with Crippen LogP contribution in [0, 0.1) is 13.8 Å². The number of aryl methyl sites for hydroxylation is 2. The van der Waals surface area contributed by atoms with Crippen LogP contribution in [0.3, 0.4) is 0 Å². The lowest BCUT2D eigenvalue weighted by Crippen LogP contribution is -1.95. The number of hydrogen-bond acceptors (Lipinski definition) is 4. The van der Waals surface area contributed by atoms with Gasteiger partial charge in [-0.2, -0.15) is 20.2 Å². The summed E-state index contributed by atoms with van der Waals surface area (Å²) in [6.45, 7) is 8.32. The van der Waals surface area contributed by atoms with E-state index in [4.69, 9.17) is 0 Å². The van der Waals surface area contributed by atoms with E-state index in [0.717, 1.165) is 47.1 Å². The molecule has 0 radical (unpaired) electrons. The quantitative estimate of drug-likeness (QED) is 0.316. The Hall–Kier alpha value is -2.50. The van der Waals surface area contributed by atoms with Crippen molar-refractivity contribution in [3.8, 4) is 0 Å². The number of aromatic nitrogens is 4. The van der Waals surface area contributed by atoms with Crippen LogP contribution < -0.4 is 0 Å². The van der Waals surface area contributed by atoms with Gasteiger partial charge in [0.15, 0.2) is 0 Å². The van der Waals surface area contributed by atoms with Gasteiger partial charge in [0.1, 0.15) is 11.4 Å². The average molecular weight is 441 g/mol. The first-order chi connectivity index (χ1) is 14.6. The molecule has 2 aromatic heterocycles. The van der Waals surface area contributed by atoms with Crippen LogP contribution in [0.1, 0.15) is 38.1 Å². The highest BCUT2D eigenvalue weighted by atomic mass is 32.2. The lowest BCUT2D eigenvalue weighted by molar-refractivity contribution is 0.965. The van der Waals surface area contributed by atoms with Crippen LogP contribution in [0.25, 0.3) is 0 Å². The summed E-state index contributed by atoms with van der Waals surface area (Å²) in [5, 5.41) is 15.7. The SMILES string of the molecule is CCCS(=C=Nc1ccccc1N=C=S(CCC)n1ccc(C)n1)n1ccc(C)n1. The van der Waals surface area contributed by atoms with Crippen LogP contribution in [0.2, 0.25) is 0 Å². The molecule has 0 saturated heterocycles. The molecule has 8 heteroatoms. The van der Waals surface area contributed by atoms with Crippen LogP contribution in [0.4, 0.5) is 11.4 Å². The lowest BCUT2D eigenvalue weighted by atomic mass is 10.3. The van der Waals surface area contributed by atoms with E-state index in [1.165, 1.54) is 0 Å². The van der Waals surface area contributed by atoms with Gasteiger partial charge in [0.25, 0.3) is 0 Å². The van der Waals surface area contributed by atoms with Crippen molar-refractivity contribution >= 4 is 43.0 Å². The van der Waals surface area contributed by atoms with Crippen molar-refractivity contribution in [1.29, 1.82) is 0 Å². The summed E-state index contributed by atoms with van der Waals surface area (Å²) < 4.78 is 3.91. The molecule has 3 rings (SSSR count). The van der Waals surface area contributed by atoms with E-state index in [0.29, 0.717) is 0 Å². The van der Waals surface area contributed by atoms with Crippen LogP contribution in [-0.2, 0) is 0 Å². The fourth-order valence-electron chi connectivity index (χ4n) is 2.64. The Bertz CT molecular complexity index is 1040. The molecule has 0 fully saturated rings. The maximum Gasteiger partial charge on any atom is 0.100 e. The third-order valence-electron chi connectivity index (χ3n) is 4.07. The minimum Gasteiger partial charge on any atom is -0.212 e. The monoisotopic (exact) mass is 440 g/mol. The summed E-state index contributed by atoms with van der Waals surface area (Å²) in [5.41, 5.74) is 3.59. The van der Waals surface area contributed by atoms with E-state index in [1.54, 1.807) is 0 Å². The standard InChI is InChI=1S/C22H28N6S2/c1-5-15-29(27-13-11-19(3)25-27)17-23-21-9-7-8-10-22(21)24-18-30(16-6-2)28-14-12-20(4)26-28/h7-14H,5-6,15-16H2,1-4H3. The first-order valence-electron chi connectivity index (χ1n) is 10.1. The van der Waals surface area contributed by atoms with E-state index in [1.807, 2.05) is 70.8 Å². The fraction of sp³-hybridized carbons (Fsp3) is 0.364. The Morgan fingerprint density at radius 3 is 1.53 bits per heavy atom. The smallest absolute Gasteiger partial charge is 0.100 e. The van der Waals surface area contributed by atoms with E-state index in [9.17, 15) is 0 Å². The van der Waals surface area contributed by atoms with Crippen LogP contribution in [0.5, 0.6) is 0 Å². The highest BCUT2D eigenvalue weighted by Crippen LogP contribution is 2.28. The minimum absolute atomic E-state index is 0.304. The second-order valence-corrected chi connectivity index (χ2v) is 10.1. The number of hydrogen-bond donors (Lipinski definition) is 0. The molecule has 1 aromatic carbocycles. The molecule has 0 N–H and O–H groups in total. The molecule has 0 amide bonds. The minimum atomic E-state index is -0.304. The molecule has 0 aliphatic carbocycles. The topological polar surface area (TPSA) is 60.4 Å². The number of nitrogens with zero attached hydrogens (tertiary/aromatic N) is 6. The fourth-order valence-corrected chi connectivity index (χ4v) is 5.41. The van der Waals surface area contributed by atoms with Gasteiger partial charge in [-0.15, -0.1) is 0 Å². The van der Waals surface area contributed by atoms with Crippen LogP contribution in [-0.4, -0.2) is 40.2 Å². The molecule has 0 saturated carbocycles. The molecule has 2 unspecified atom stereocenters. The van der Waals surface area contributed by atoms with Crippen LogP contribution in [0.15, 0.2) is 58.8 Å². The van der Waals surface area contributed by atoms with E-state index in [-0.39, 0.29) is 21.3 Å². The summed E-state index contributed by atoms with van der Waals surface area (Å²) in [4.78, 5) is 9.32. The maximum absolute atomic E-state index is 4.66. The Kier molecular flexibility index (Phi) is 8.17. The average Bonchev–Trinajstić information content (AvgIpc) is 3.37. The predicted molar refractivity (Wildman–Crippen MR) is 131 cm³/mol. The second-order valence-electron chi connectivity index (χ2n) is 6.75. The van der Waals surface area contributed by atoms with Crippen molar-refractivity contribution in [1.82, 2.24) is 18.4 Å². The zero-order valence-electron chi connectivity index (χ0n) is 17.9. The molecule has 6 nitrogen and oxygen atoms in total. The van der Waals surface area contributed by atoms with Crippen molar-refractivity contribution in [2.24, 2.45) is 9.98 Å². The molecule has 2 atom stereocenters. The van der Waals surface area contributed by atoms with Crippen molar-refractivity contribution in [3.63, 3.8) is 0 Å². The summed E-state index contributed by atoms with van der Waals surface area (Å²) in [6.07, 6.45) is 6.08. The summed E-state index contributed by atoms with van der Waals surface area (Å²) in [5.74, 6) is 1.92. The number of isothiocyanates is 2. The van der Waals surface area contributed by atoms with Gasteiger partial charge in [0.05, 0.1) is 11.4 Å². The predicted octanol–water partition coefficient (Wildman–Crippen LogP) is 6.05. The van der Waals surface area contributed by atoms with Gasteiger partial charge < -0.3 is 0 Å².